The maximum Gasteiger partial charge on any atom is 0.131 e. The van der Waals surface area contributed by atoms with E-state index < -0.39 is 7.92 Å². The molecule has 0 aliphatic rings. The number of ether oxygens (including phenoxy) is 2. The van der Waals surface area contributed by atoms with Gasteiger partial charge in [0.25, 0.3) is 0 Å². The van der Waals surface area contributed by atoms with E-state index in [2.05, 4.69) is 100 Å². The van der Waals surface area contributed by atoms with Crippen molar-refractivity contribution in [3.63, 3.8) is 0 Å². The molecule has 3 heteroatoms. The molecular formula is C26H31O2P. The molecule has 0 spiro atoms. The van der Waals surface area contributed by atoms with E-state index in [-0.39, 0.29) is 12.2 Å². The molecule has 0 N–H and O–H groups in total. The third kappa shape index (κ3) is 5.40. The molecule has 0 aliphatic heterocycles. The largest absolute Gasteiger partial charge is 0.490 e. The zero-order valence-corrected chi connectivity index (χ0v) is 18.7. The minimum absolute atomic E-state index is 0.149. The highest BCUT2D eigenvalue weighted by Gasteiger charge is 2.26. The summed E-state index contributed by atoms with van der Waals surface area (Å²) >= 11 is 0. The Morgan fingerprint density at radius 2 is 1.03 bits per heavy atom. The van der Waals surface area contributed by atoms with Crippen LogP contribution in [0.1, 0.15) is 40.5 Å². The van der Waals surface area contributed by atoms with E-state index in [1.54, 1.807) is 0 Å². The molecule has 29 heavy (non-hydrogen) atoms. The Bertz CT molecular complexity index is 810. The molecule has 0 radical (unpaired) electrons. The molecule has 3 aromatic carbocycles. The molecule has 0 fully saturated rings. The first-order valence-corrected chi connectivity index (χ1v) is 11.8. The molecule has 3 aromatic rings. The van der Waals surface area contributed by atoms with Crippen LogP contribution in [0, 0.1) is 0 Å². The van der Waals surface area contributed by atoms with Gasteiger partial charge in [0, 0.05) is 0 Å². The van der Waals surface area contributed by atoms with Crippen molar-refractivity contribution < 1.29 is 9.47 Å². The predicted octanol–water partition coefficient (Wildman–Crippen LogP) is 5.80. The van der Waals surface area contributed by atoms with Gasteiger partial charge >= 0.3 is 0 Å². The van der Waals surface area contributed by atoms with Gasteiger partial charge in [0.15, 0.2) is 0 Å². The summed E-state index contributed by atoms with van der Waals surface area (Å²) in [5, 5.41) is 3.76. The van der Waals surface area contributed by atoms with Gasteiger partial charge in [-0.1, -0.05) is 80.6 Å². The number of hydrogen-bond donors (Lipinski definition) is 0. The topological polar surface area (TPSA) is 18.5 Å². The van der Waals surface area contributed by atoms with Crippen molar-refractivity contribution in [3.05, 3.63) is 78.9 Å². The lowest BCUT2D eigenvalue weighted by Gasteiger charge is -2.27. The van der Waals surface area contributed by atoms with Crippen molar-refractivity contribution in [2.45, 2.75) is 52.7 Å². The summed E-state index contributed by atoms with van der Waals surface area (Å²) in [5.74, 6) is 1.86. The van der Waals surface area contributed by atoms with E-state index >= 15 is 0 Å². The molecule has 0 aromatic heterocycles. The van der Waals surface area contributed by atoms with Crippen LogP contribution in [0.25, 0.3) is 0 Å². The van der Waals surface area contributed by atoms with Crippen LogP contribution in [-0.2, 0) is 0 Å². The summed E-state index contributed by atoms with van der Waals surface area (Å²) in [6.45, 7) is 8.56. The third-order valence-electron chi connectivity index (χ3n) is 5.02. The van der Waals surface area contributed by atoms with Crippen LogP contribution < -0.4 is 25.4 Å². The van der Waals surface area contributed by atoms with E-state index in [1.165, 1.54) is 15.9 Å². The predicted molar refractivity (Wildman–Crippen MR) is 126 cm³/mol. The lowest BCUT2D eigenvalue weighted by Crippen LogP contribution is -2.26. The molecule has 0 saturated carbocycles. The molecule has 3 rings (SSSR count). The maximum atomic E-state index is 6.41. The van der Waals surface area contributed by atoms with Gasteiger partial charge in [-0.2, -0.15) is 0 Å². The first-order chi connectivity index (χ1) is 14.1. The molecule has 152 valence electrons. The van der Waals surface area contributed by atoms with Crippen LogP contribution in [-0.4, -0.2) is 12.2 Å². The molecule has 0 saturated heterocycles. The van der Waals surface area contributed by atoms with Gasteiger partial charge in [-0.25, -0.2) is 0 Å². The SMILES string of the molecule is CCC(C)Oc1cccc(OC(C)CC)c1P(c1ccccc1)c1ccccc1. The molecule has 0 heterocycles. The lowest BCUT2D eigenvalue weighted by atomic mass is 10.2. The Morgan fingerprint density at radius 1 is 0.621 bits per heavy atom. The molecule has 0 amide bonds. The van der Waals surface area contributed by atoms with Gasteiger partial charge in [0.2, 0.25) is 0 Å². The van der Waals surface area contributed by atoms with Crippen molar-refractivity contribution in [1.82, 2.24) is 0 Å². The van der Waals surface area contributed by atoms with E-state index in [0.29, 0.717) is 0 Å². The summed E-state index contributed by atoms with van der Waals surface area (Å²) in [5.41, 5.74) is 0. The fraction of sp³-hybridized carbons (Fsp3) is 0.308. The van der Waals surface area contributed by atoms with Crippen LogP contribution in [0.3, 0.4) is 0 Å². The maximum absolute atomic E-state index is 6.41. The monoisotopic (exact) mass is 406 g/mol. The summed E-state index contributed by atoms with van der Waals surface area (Å²) in [4.78, 5) is 0. The van der Waals surface area contributed by atoms with E-state index in [0.717, 1.165) is 24.3 Å². The van der Waals surface area contributed by atoms with Crippen LogP contribution >= 0.6 is 7.92 Å². The Labute approximate surface area is 176 Å². The third-order valence-corrected chi connectivity index (χ3v) is 7.54. The summed E-state index contributed by atoms with van der Waals surface area (Å²) in [6.07, 6.45) is 2.22. The van der Waals surface area contributed by atoms with Crippen LogP contribution in [0.4, 0.5) is 0 Å². The van der Waals surface area contributed by atoms with Gasteiger partial charge in [-0.05, 0) is 57.4 Å². The van der Waals surface area contributed by atoms with Crippen LogP contribution in [0.15, 0.2) is 78.9 Å². The highest BCUT2D eigenvalue weighted by atomic mass is 31.1. The van der Waals surface area contributed by atoms with Gasteiger partial charge < -0.3 is 9.47 Å². The van der Waals surface area contributed by atoms with Gasteiger partial charge in [0.1, 0.15) is 11.5 Å². The quantitative estimate of drug-likeness (QED) is 0.418. The molecule has 0 aliphatic carbocycles. The normalized spacial score (nSPS) is 13.1. The summed E-state index contributed by atoms with van der Waals surface area (Å²) < 4.78 is 12.8. The summed E-state index contributed by atoms with van der Waals surface area (Å²) in [6, 6.07) is 27.7. The molecular weight excluding hydrogens is 375 g/mol. The Balaban J connectivity index is 2.21. The van der Waals surface area contributed by atoms with Gasteiger partial charge in [-0.15, -0.1) is 0 Å². The van der Waals surface area contributed by atoms with Crippen molar-refractivity contribution in [2.24, 2.45) is 0 Å². The van der Waals surface area contributed by atoms with Crippen LogP contribution in [0.2, 0.25) is 0 Å². The first-order valence-electron chi connectivity index (χ1n) is 10.5. The zero-order chi connectivity index (χ0) is 20.6. The smallest absolute Gasteiger partial charge is 0.131 e. The van der Waals surface area contributed by atoms with Crippen molar-refractivity contribution in [3.8, 4) is 11.5 Å². The number of rotatable bonds is 9. The summed E-state index contributed by atoms with van der Waals surface area (Å²) in [7, 11) is -0.809. The number of hydrogen-bond acceptors (Lipinski definition) is 2. The average Bonchev–Trinajstić information content (AvgIpc) is 2.77. The number of benzene rings is 3. The van der Waals surface area contributed by atoms with E-state index in [1.807, 2.05) is 6.07 Å². The molecule has 2 nitrogen and oxygen atoms in total. The minimum Gasteiger partial charge on any atom is -0.490 e. The van der Waals surface area contributed by atoms with Crippen molar-refractivity contribution in [2.75, 3.05) is 0 Å². The Hall–Kier alpha value is -2.31. The minimum atomic E-state index is -0.809. The molecule has 0 bridgehead atoms. The Morgan fingerprint density at radius 3 is 1.41 bits per heavy atom. The standard InChI is InChI=1S/C26H31O2P/c1-5-20(3)27-24-18-13-19-25(28-21(4)6-2)26(24)29(22-14-9-7-10-15-22)23-16-11-8-12-17-23/h7-21H,5-6H2,1-4H3. The average molecular weight is 407 g/mol. The zero-order valence-electron chi connectivity index (χ0n) is 17.8. The highest BCUT2D eigenvalue weighted by molar-refractivity contribution is 7.80. The van der Waals surface area contributed by atoms with Crippen molar-refractivity contribution >= 4 is 23.8 Å². The fourth-order valence-corrected chi connectivity index (χ4v) is 5.52. The lowest BCUT2D eigenvalue weighted by molar-refractivity contribution is 0.209. The molecule has 2 atom stereocenters. The Kier molecular flexibility index (Phi) is 7.72. The fourth-order valence-electron chi connectivity index (χ4n) is 3.07. The van der Waals surface area contributed by atoms with Gasteiger partial charge in [-0.3, -0.25) is 0 Å². The van der Waals surface area contributed by atoms with E-state index in [4.69, 9.17) is 9.47 Å². The first kappa shape index (κ1) is 21.4. The second-order valence-electron chi connectivity index (χ2n) is 7.28. The highest BCUT2D eigenvalue weighted by Crippen LogP contribution is 2.41. The van der Waals surface area contributed by atoms with E-state index in [9.17, 15) is 0 Å². The van der Waals surface area contributed by atoms with Gasteiger partial charge in [0.05, 0.1) is 17.5 Å². The molecule has 2 unspecified atom stereocenters. The second-order valence-corrected chi connectivity index (χ2v) is 9.43. The second kappa shape index (κ2) is 10.5. The van der Waals surface area contributed by atoms with Crippen molar-refractivity contribution in [1.29, 1.82) is 0 Å². The van der Waals surface area contributed by atoms with Crippen LogP contribution in [0.5, 0.6) is 11.5 Å².